The summed E-state index contributed by atoms with van der Waals surface area (Å²) < 4.78 is 5.96. The van der Waals surface area contributed by atoms with Crippen molar-refractivity contribution in [3.63, 3.8) is 0 Å². The van der Waals surface area contributed by atoms with Gasteiger partial charge in [0.2, 0.25) is 5.91 Å². The molecule has 0 aliphatic rings. The molecular formula is C26H29N7O2. The number of rotatable bonds is 9. The van der Waals surface area contributed by atoms with Crippen LogP contribution in [0.3, 0.4) is 0 Å². The number of hydrogen-bond acceptors (Lipinski definition) is 7. The van der Waals surface area contributed by atoms with Gasteiger partial charge in [-0.05, 0) is 69.9 Å². The molecule has 9 heteroatoms. The van der Waals surface area contributed by atoms with Crippen LogP contribution in [0.25, 0.3) is 11.0 Å². The predicted molar refractivity (Wildman–Crippen MR) is 137 cm³/mol. The lowest BCUT2D eigenvalue weighted by molar-refractivity contribution is -0.116. The van der Waals surface area contributed by atoms with Crippen LogP contribution in [0, 0.1) is 13.8 Å². The number of amides is 1. The molecule has 0 aliphatic carbocycles. The number of carbonyl (C=O) groups excluding carboxylic acids is 1. The molecule has 4 rings (SSSR count). The molecule has 0 saturated heterocycles. The summed E-state index contributed by atoms with van der Waals surface area (Å²) >= 11 is 0. The monoisotopic (exact) mass is 471 g/mol. The molecule has 1 amide bonds. The first kappa shape index (κ1) is 23.9. The lowest BCUT2D eigenvalue weighted by atomic mass is 10.2. The third kappa shape index (κ3) is 6.42. The molecule has 0 saturated carbocycles. The van der Waals surface area contributed by atoms with Gasteiger partial charge in [-0.25, -0.2) is 9.97 Å². The number of pyridine rings is 1. The van der Waals surface area contributed by atoms with E-state index in [-0.39, 0.29) is 5.91 Å². The molecule has 0 aliphatic heterocycles. The van der Waals surface area contributed by atoms with Gasteiger partial charge in [0.1, 0.15) is 23.3 Å². The second kappa shape index (κ2) is 10.8. The van der Waals surface area contributed by atoms with E-state index in [1.807, 2.05) is 75.3 Å². The molecule has 0 atom stereocenters. The van der Waals surface area contributed by atoms with Gasteiger partial charge in [0.05, 0.1) is 18.3 Å². The maximum atomic E-state index is 12.0. The lowest BCUT2D eigenvalue weighted by Crippen LogP contribution is -2.21. The van der Waals surface area contributed by atoms with Crippen molar-refractivity contribution in [2.75, 3.05) is 26.0 Å². The molecule has 4 aromatic rings. The standard InChI is InChI=1S/C26H29N7O2/c1-17-12-19(8-10-23(17)35-21-9-7-18(2)27-15-21)32-26-25-22(29-16-30-26)13-20(31-25)14-28-24(34)6-5-11-33(3)4/h5-10,12-13,15-16,31H,11,14H2,1-4H3,(H,28,34)(H,29,30,32)/b6-5+. The summed E-state index contributed by atoms with van der Waals surface area (Å²) in [4.78, 5) is 30.3. The molecule has 9 nitrogen and oxygen atoms in total. The maximum absolute atomic E-state index is 12.0. The zero-order valence-electron chi connectivity index (χ0n) is 20.3. The minimum Gasteiger partial charge on any atom is -0.455 e. The Labute approximate surface area is 204 Å². The summed E-state index contributed by atoms with van der Waals surface area (Å²) in [7, 11) is 3.90. The highest BCUT2D eigenvalue weighted by Crippen LogP contribution is 2.29. The fourth-order valence-electron chi connectivity index (χ4n) is 3.42. The summed E-state index contributed by atoms with van der Waals surface area (Å²) in [5.74, 6) is 1.95. The van der Waals surface area contributed by atoms with E-state index < -0.39 is 0 Å². The summed E-state index contributed by atoms with van der Waals surface area (Å²) in [5, 5.41) is 6.23. The third-order valence-electron chi connectivity index (χ3n) is 5.22. The van der Waals surface area contributed by atoms with E-state index in [0.29, 0.717) is 24.7 Å². The van der Waals surface area contributed by atoms with Gasteiger partial charge in [-0.3, -0.25) is 9.78 Å². The van der Waals surface area contributed by atoms with Crippen molar-refractivity contribution in [2.24, 2.45) is 0 Å². The number of anilines is 2. The van der Waals surface area contributed by atoms with Gasteiger partial charge in [-0.2, -0.15) is 0 Å². The van der Waals surface area contributed by atoms with Gasteiger partial charge in [-0.15, -0.1) is 0 Å². The number of likely N-dealkylation sites (N-methyl/N-ethyl adjacent to an activating group) is 1. The number of nitrogens with one attached hydrogen (secondary N) is 3. The van der Waals surface area contributed by atoms with Crippen LogP contribution in [0.2, 0.25) is 0 Å². The lowest BCUT2D eigenvalue weighted by Gasteiger charge is -2.12. The number of aryl methyl sites for hydroxylation is 2. The van der Waals surface area contributed by atoms with E-state index in [9.17, 15) is 4.79 Å². The third-order valence-corrected chi connectivity index (χ3v) is 5.22. The van der Waals surface area contributed by atoms with Crippen LogP contribution in [-0.2, 0) is 11.3 Å². The number of fused-ring (bicyclic) bond motifs is 1. The minimum atomic E-state index is -0.144. The molecule has 3 aromatic heterocycles. The molecule has 0 fully saturated rings. The van der Waals surface area contributed by atoms with Crippen molar-refractivity contribution in [2.45, 2.75) is 20.4 Å². The average Bonchev–Trinajstić information content (AvgIpc) is 3.25. The SMILES string of the molecule is Cc1ccc(Oc2ccc(Nc3ncnc4cc(CNC(=O)/C=C/CN(C)C)[nH]c34)cc2C)cn1. The normalized spacial score (nSPS) is 11.3. The Morgan fingerprint density at radius 3 is 2.71 bits per heavy atom. The van der Waals surface area contributed by atoms with Crippen molar-refractivity contribution in [1.29, 1.82) is 0 Å². The van der Waals surface area contributed by atoms with Crippen LogP contribution in [0.15, 0.2) is 61.1 Å². The molecule has 3 N–H and O–H groups in total. The van der Waals surface area contributed by atoms with Gasteiger partial charge in [0.15, 0.2) is 5.82 Å². The van der Waals surface area contributed by atoms with Gasteiger partial charge >= 0.3 is 0 Å². The topological polar surface area (TPSA) is 108 Å². The van der Waals surface area contributed by atoms with Crippen LogP contribution < -0.4 is 15.4 Å². The fourth-order valence-corrected chi connectivity index (χ4v) is 3.42. The molecular weight excluding hydrogens is 442 g/mol. The molecule has 0 spiro atoms. The Balaban J connectivity index is 1.44. The first-order valence-electron chi connectivity index (χ1n) is 11.3. The maximum Gasteiger partial charge on any atom is 0.244 e. The van der Waals surface area contributed by atoms with E-state index in [1.165, 1.54) is 6.33 Å². The molecule has 180 valence electrons. The van der Waals surface area contributed by atoms with Gasteiger partial charge in [-0.1, -0.05) is 6.08 Å². The highest BCUT2D eigenvalue weighted by Gasteiger charge is 2.10. The minimum absolute atomic E-state index is 0.144. The number of aromatic amines is 1. The highest BCUT2D eigenvalue weighted by molar-refractivity contribution is 5.89. The summed E-state index contributed by atoms with van der Waals surface area (Å²) in [6.07, 6.45) is 6.59. The number of benzene rings is 1. The van der Waals surface area contributed by atoms with E-state index in [0.717, 1.165) is 39.4 Å². The number of H-pyrrole nitrogens is 1. The van der Waals surface area contributed by atoms with Crippen LogP contribution in [-0.4, -0.2) is 51.4 Å². The Morgan fingerprint density at radius 1 is 1.11 bits per heavy atom. The van der Waals surface area contributed by atoms with Crippen LogP contribution >= 0.6 is 0 Å². The number of carbonyl (C=O) groups is 1. The molecule has 0 bridgehead atoms. The summed E-state index contributed by atoms with van der Waals surface area (Å²) in [6, 6.07) is 11.6. The molecule has 0 unspecified atom stereocenters. The Morgan fingerprint density at radius 2 is 1.97 bits per heavy atom. The fraction of sp³-hybridized carbons (Fsp3) is 0.231. The largest absolute Gasteiger partial charge is 0.455 e. The molecule has 1 aromatic carbocycles. The van der Waals surface area contributed by atoms with Crippen LogP contribution in [0.5, 0.6) is 11.5 Å². The zero-order chi connectivity index (χ0) is 24.8. The van der Waals surface area contributed by atoms with Crippen molar-refractivity contribution in [3.8, 4) is 11.5 Å². The van der Waals surface area contributed by atoms with Gasteiger partial charge in [0.25, 0.3) is 0 Å². The van der Waals surface area contributed by atoms with Crippen molar-refractivity contribution >= 4 is 28.4 Å². The Kier molecular flexibility index (Phi) is 7.37. The first-order valence-corrected chi connectivity index (χ1v) is 11.3. The number of aromatic nitrogens is 4. The quantitative estimate of drug-likeness (QED) is 0.313. The smallest absolute Gasteiger partial charge is 0.244 e. The predicted octanol–water partition coefficient (Wildman–Crippen LogP) is 4.24. The summed E-state index contributed by atoms with van der Waals surface area (Å²) in [6.45, 7) is 4.99. The zero-order valence-corrected chi connectivity index (χ0v) is 20.3. The molecule has 35 heavy (non-hydrogen) atoms. The average molecular weight is 472 g/mol. The van der Waals surface area contributed by atoms with Gasteiger partial charge < -0.3 is 25.3 Å². The van der Waals surface area contributed by atoms with E-state index in [4.69, 9.17) is 4.74 Å². The van der Waals surface area contributed by atoms with E-state index >= 15 is 0 Å². The van der Waals surface area contributed by atoms with Gasteiger partial charge in [0, 0.05) is 29.7 Å². The number of ether oxygens (including phenoxy) is 1. The Bertz CT molecular complexity index is 1340. The van der Waals surface area contributed by atoms with Crippen molar-refractivity contribution < 1.29 is 9.53 Å². The Hall–Kier alpha value is -4.24. The first-order chi connectivity index (χ1) is 16.9. The van der Waals surface area contributed by atoms with Crippen molar-refractivity contribution in [1.82, 2.24) is 30.2 Å². The van der Waals surface area contributed by atoms with Crippen molar-refractivity contribution in [3.05, 3.63) is 78.0 Å². The molecule has 3 heterocycles. The highest BCUT2D eigenvalue weighted by atomic mass is 16.5. The van der Waals surface area contributed by atoms with E-state index in [1.54, 1.807) is 12.3 Å². The second-order valence-electron chi connectivity index (χ2n) is 8.50. The summed E-state index contributed by atoms with van der Waals surface area (Å²) in [5.41, 5.74) is 5.15. The second-order valence-corrected chi connectivity index (χ2v) is 8.50. The number of nitrogens with zero attached hydrogens (tertiary/aromatic N) is 4. The number of hydrogen-bond donors (Lipinski definition) is 3. The van der Waals surface area contributed by atoms with Crippen LogP contribution in [0.1, 0.15) is 17.0 Å². The molecule has 0 radical (unpaired) electrons. The van der Waals surface area contributed by atoms with Crippen LogP contribution in [0.4, 0.5) is 11.5 Å². The van der Waals surface area contributed by atoms with E-state index in [2.05, 4.69) is 30.6 Å².